The molecule has 2 heterocycles. The van der Waals surface area contributed by atoms with Crippen LogP contribution in [0.5, 0.6) is 0 Å². The summed E-state index contributed by atoms with van der Waals surface area (Å²) in [4.78, 5) is 26.4. The number of hydrogen-bond acceptors (Lipinski definition) is 3. The highest BCUT2D eigenvalue weighted by Crippen LogP contribution is 2.23. The molecule has 7 heteroatoms. The minimum atomic E-state index is -0.504. The van der Waals surface area contributed by atoms with E-state index in [1.807, 2.05) is 0 Å². The molecule has 1 fully saturated rings. The molecule has 1 aliphatic heterocycles. The predicted octanol–water partition coefficient (Wildman–Crippen LogP) is 2.02. The van der Waals surface area contributed by atoms with Gasteiger partial charge in [-0.25, -0.2) is 0 Å². The highest BCUT2D eigenvalue weighted by atomic mass is 35.5. The Bertz CT molecular complexity index is 699. The van der Waals surface area contributed by atoms with Crippen molar-refractivity contribution >= 4 is 29.1 Å². The fraction of sp³-hybridized carbons (Fsp3) is 0.312. The summed E-state index contributed by atoms with van der Waals surface area (Å²) >= 11 is 5.87. The fourth-order valence-electron chi connectivity index (χ4n) is 2.61. The van der Waals surface area contributed by atoms with Gasteiger partial charge >= 0.3 is 0 Å². The lowest BCUT2D eigenvalue weighted by Crippen LogP contribution is -2.44. The first-order valence-corrected chi connectivity index (χ1v) is 7.80. The third-order valence-corrected chi connectivity index (χ3v) is 4.21. The standard InChI is InChI=1S/C16H17ClN4O2/c1-11(21-9-2-8-18-21)15(22)19-14-7-10-20(16(14)23)13-5-3-12(17)4-6-13/h2-6,8-9,11,14H,7,10H2,1H3,(H,19,22)/t11-,14-/m1/s1. The van der Waals surface area contributed by atoms with E-state index in [0.29, 0.717) is 18.0 Å². The summed E-state index contributed by atoms with van der Waals surface area (Å²) in [7, 11) is 0. The number of benzene rings is 1. The second kappa shape index (κ2) is 6.42. The Kier molecular flexibility index (Phi) is 4.34. The summed E-state index contributed by atoms with van der Waals surface area (Å²) < 4.78 is 1.56. The molecule has 0 unspecified atom stereocenters. The van der Waals surface area contributed by atoms with Gasteiger partial charge in [-0.05, 0) is 43.7 Å². The zero-order valence-corrected chi connectivity index (χ0v) is 13.4. The molecule has 1 N–H and O–H groups in total. The maximum Gasteiger partial charge on any atom is 0.249 e. The highest BCUT2D eigenvalue weighted by Gasteiger charge is 2.34. The molecular formula is C16H17ClN4O2. The smallest absolute Gasteiger partial charge is 0.249 e. The maximum atomic E-state index is 12.5. The summed E-state index contributed by atoms with van der Waals surface area (Å²) in [6.07, 6.45) is 3.92. The first kappa shape index (κ1) is 15.6. The number of rotatable bonds is 4. The molecule has 3 rings (SSSR count). The number of nitrogens with zero attached hydrogens (tertiary/aromatic N) is 3. The van der Waals surface area contributed by atoms with Gasteiger partial charge < -0.3 is 10.2 Å². The maximum absolute atomic E-state index is 12.5. The topological polar surface area (TPSA) is 67.2 Å². The molecule has 0 aliphatic carbocycles. The van der Waals surface area contributed by atoms with Gasteiger partial charge in [-0.1, -0.05) is 11.6 Å². The third kappa shape index (κ3) is 3.22. The molecule has 0 bridgehead atoms. The average molecular weight is 333 g/mol. The molecule has 2 amide bonds. The molecule has 1 aromatic carbocycles. The Morgan fingerprint density at radius 2 is 2.13 bits per heavy atom. The summed E-state index contributed by atoms with van der Waals surface area (Å²) in [5.41, 5.74) is 0.788. The Hall–Kier alpha value is -2.34. The van der Waals surface area contributed by atoms with Crippen LogP contribution in [0.15, 0.2) is 42.7 Å². The number of carbonyl (C=O) groups is 2. The zero-order valence-electron chi connectivity index (χ0n) is 12.6. The van der Waals surface area contributed by atoms with E-state index in [1.54, 1.807) is 59.2 Å². The van der Waals surface area contributed by atoms with Crippen LogP contribution in [0.1, 0.15) is 19.4 Å². The van der Waals surface area contributed by atoms with Gasteiger partial charge in [0.05, 0.1) is 0 Å². The van der Waals surface area contributed by atoms with Crippen LogP contribution in [0.2, 0.25) is 5.02 Å². The van der Waals surface area contributed by atoms with Gasteiger partial charge in [-0.3, -0.25) is 14.3 Å². The first-order valence-electron chi connectivity index (χ1n) is 7.42. The number of halogens is 1. The van der Waals surface area contributed by atoms with Crippen LogP contribution < -0.4 is 10.2 Å². The van der Waals surface area contributed by atoms with Gasteiger partial charge in [0.2, 0.25) is 11.8 Å². The largest absolute Gasteiger partial charge is 0.342 e. The van der Waals surface area contributed by atoms with E-state index in [4.69, 9.17) is 11.6 Å². The number of hydrogen-bond donors (Lipinski definition) is 1. The molecule has 1 aliphatic rings. The molecular weight excluding hydrogens is 316 g/mol. The number of amides is 2. The van der Waals surface area contributed by atoms with Gasteiger partial charge in [0.15, 0.2) is 0 Å². The second-order valence-corrected chi connectivity index (χ2v) is 5.91. The predicted molar refractivity (Wildman–Crippen MR) is 87.3 cm³/mol. The normalized spacial score (nSPS) is 19.0. The molecule has 0 spiro atoms. The van der Waals surface area contributed by atoms with Crippen molar-refractivity contribution < 1.29 is 9.59 Å². The summed E-state index contributed by atoms with van der Waals surface area (Å²) in [5, 5.41) is 7.48. The van der Waals surface area contributed by atoms with Crippen molar-refractivity contribution in [1.29, 1.82) is 0 Å². The number of anilines is 1. The van der Waals surface area contributed by atoms with Crippen molar-refractivity contribution in [1.82, 2.24) is 15.1 Å². The number of carbonyl (C=O) groups excluding carboxylic acids is 2. The Labute approximate surface area is 139 Å². The van der Waals surface area contributed by atoms with Crippen LogP contribution >= 0.6 is 11.6 Å². The highest BCUT2D eigenvalue weighted by molar-refractivity contribution is 6.30. The van der Waals surface area contributed by atoms with Crippen molar-refractivity contribution in [2.24, 2.45) is 0 Å². The van der Waals surface area contributed by atoms with Crippen molar-refractivity contribution in [2.45, 2.75) is 25.4 Å². The Morgan fingerprint density at radius 1 is 1.39 bits per heavy atom. The van der Waals surface area contributed by atoms with E-state index in [0.717, 1.165) is 5.69 Å². The van der Waals surface area contributed by atoms with Gasteiger partial charge in [0.1, 0.15) is 12.1 Å². The molecule has 1 saturated heterocycles. The SMILES string of the molecule is C[C@H](C(=O)N[C@@H]1CCN(c2ccc(Cl)cc2)C1=O)n1cccn1. The number of aromatic nitrogens is 2. The van der Waals surface area contributed by atoms with Crippen LogP contribution in [-0.2, 0) is 9.59 Å². The van der Waals surface area contributed by atoms with Crippen LogP contribution in [0.4, 0.5) is 5.69 Å². The molecule has 120 valence electrons. The Balaban J connectivity index is 1.65. The molecule has 0 radical (unpaired) electrons. The monoisotopic (exact) mass is 332 g/mol. The lowest BCUT2D eigenvalue weighted by atomic mass is 10.2. The molecule has 1 aromatic heterocycles. The minimum Gasteiger partial charge on any atom is -0.342 e. The average Bonchev–Trinajstić information content (AvgIpc) is 3.19. The van der Waals surface area contributed by atoms with E-state index in [9.17, 15) is 9.59 Å². The summed E-state index contributed by atoms with van der Waals surface area (Å²) in [6, 6.07) is 7.89. The lowest BCUT2D eigenvalue weighted by Gasteiger charge is -2.19. The first-order chi connectivity index (χ1) is 11.1. The second-order valence-electron chi connectivity index (χ2n) is 5.48. The lowest BCUT2D eigenvalue weighted by molar-refractivity contribution is -0.128. The van der Waals surface area contributed by atoms with Crippen molar-refractivity contribution in [3.8, 4) is 0 Å². The molecule has 2 atom stereocenters. The van der Waals surface area contributed by atoms with Gasteiger partial charge in [-0.2, -0.15) is 5.10 Å². The van der Waals surface area contributed by atoms with Gasteiger partial charge in [0.25, 0.3) is 0 Å². The van der Waals surface area contributed by atoms with Crippen molar-refractivity contribution in [3.63, 3.8) is 0 Å². The quantitative estimate of drug-likeness (QED) is 0.931. The van der Waals surface area contributed by atoms with E-state index in [1.165, 1.54) is 0 Å². The fourth-order valence-corrected chi connectivity index (χ4v) is 2.74. The van der Waals surface area contributed by atoms with E-state index in [-0.39, 0.29) is 11.8 Å². The zero-order chi connectivity index (χ0) is 16.4. The van der Waals surface area contributed by atoms with Crippen LogP contribution in [-0.4, -0.2) is 34.2 Å². The molecule has 6 nitrogen and oxygen atoms in total. The van der Waals surface area contributed by atoms with Crippen molar-refractivity contribution in [2.75, 3.05) is 11.4 Å². The molecule has 0 saturated carbocycles. The minimum absolute atomic E-state index is 0.103. The van der Waals surface area contributed by atoms with Gasteiger partial charge in [-0.15, -0.1) is 0 Å². The van der Waals surface area contributed by atoms with E-state index < -0.39 is 12.1 Å². The van der Waals surface area contributed by atoms with E-state index >= 15 is 0 Å². The van der Waals surface area contributed by atoms with Crippen LogP contribution in [0, 0.1) is 0 Å². The molecule has 2 aromatic rings. The van der Waals surface area contributed by atoms with E-state index in [2.05, 4.69) is 10.4 Å². The van der Waals surface area contributed by atoms with Crippen LogP contribution in [0.3, 0.4) is 0 Å². The third-order valence-electron chi connectivity index (χ3n) is 3.96. The van der Waals surface area contributed by atoms with Crippen molar-refractivity contribution in [3.05, 3.63) is 47.7 Å². The summed E-state index contributed by atoms with van der Waals surface area (Å²) in [6.45, 7) is 2.32. The van der Waals surface area contributed by atoms with Crippen LogP contribution in [0.25, 0.3) is 0 Å². The Morgan fingerprint density at radius 3 is 2.78 bits per heavy atom. The summed E-state index contributed by atoms with van der Waals surface area (Å²) in [5.74, 6) is -0.321. The number of nitrogens with one attached hydrogen (secondary N) is 1. The molecule has 23 heavy (non-hydrogen) atoms. The van der Waals surface area contributed by atoms with Gasteiger partial charge in [0, 0.05) is 29.6 Å².